The number of rotatable bonds is 5. The van der Waals surface area contributed by atoms with Crippen molar-refractivity contribution in [1.82, 2.24) is 4.90 Å². The van der Waals surface area contributed by atoms with E-state index < -0.39 is 10.4 Å². The van der Waals surface area contributed by atoms with Crippen LogP contribution in [0.25, 0.3) is 0 Å². The molecule has 0 radical (unpaired) electrons. The van der Waals surface area contributed by atoms with Crippen molar-refractivity contribution in [3.63, 3.8) is 0 Å². The summed E-state index contributed by atoms with van der Waals surface area (Å²) in [5.74, 6) is 0. The minimum absolute atomic E-state index is 0.279. The van der Waals surface area contributed by atoms with Gasteiger partial charge < -0.3 is 10.0 Å². The third-order valence-corrected chi connectivity index (χ3v) is 1.94. The van der Waals surface area contributed by atoms with Crippen LogP contribution in [-0.4, -0.2) is 56.3 Å². The van der Waals surface area contributed by atoms with Crippen molar-refractivity contribution in [1.29, 1.82) is 0 Å². The summed E-state index contributed by atoms with van der Waals surface area (Å²) < 4.78 is 29.7. The average Bonchev–Trinajstić information content (AvgIpc) is 2.14. The second-order valence-electron chi connectivity index (χ2n) is 2.34. The number of aliphatic hydroxyl groups excluding tert-OH is 1. The van der Waals surface area contributed by atoms with E-state index in [1.165, 1.54) is 0 Å². The van der Waals surface area contributed by atoms with Gasteiger partial charge in [-0.15, -0.1) is 0 Å². The zero-order valence-corrected chi connectivity index (χ0v) is 9.62. The molecule has 0 aliphatic heterocycles. The highest BCUT2D eigenvalue weighted by Crippen LogP contribution is 1.82. The predicted octanol–water partition coefficient (Wildman–Crippen LogP) is -0.244. The summed E-state index contributed by atoms with van der Waals surface area (Å²) in [7, 11) is -3.29. The van der Waals surface area contributed by atoms with Crippen molar-refractivity contribution in [3.05, 3.63) is 0 Å². The van der Waals surface area contributed by atoms with Gasteiger partial charge in [-0.25, -0.2) is 0 Å². The van der Waals surface area contributed by atoms with Gasteiger partial charge in [-0.3, -0.25) is 8.74 Å². The quantitative estimate of drug-likeness (QED) is 0.632. The van der Waals surface area contributed by atoms with E-state index >= 15 is 0 Å². The zero-order chi connectivity index (χ0) is 11.6. The Morgan fingerprint density at radius 1 is 1.29 bits per heavy atom. The van der Waals surface area contributed by atoms with Crippen LogP contribution in [0.1, 0.15) is 13.8 Å². The molecule has 0 saturated heterocycles. The van der Waals surface area contributed by atoms with Crippen molar-refractivity contribution >= 4 is 10.4 Å². The van der Waals surface area contributed by atoms with Gasteiger partial charge in [0.2, 0.25) is 0 Å². The second kappa shape index (κ2) is 9.35. The van der Waals surface area contributed by atoms with Crippen LogP contribution in [0.2, 0.25) is 0 Å². The Hall–Kier alpha value is -0.210. The van der Waals surface area contributed by atoms with Gasteiger partial charge in [0.1, 0.15) is 0 Å². The maximum atomic E-state index is 9.33. The summed E-state index contributed by atoms with van der Waals surface area (Å²) in [4.78, 5) is 2.18. The van der Waals surface area contributed by atoms with Gasteiger partial charge >= 0.3 is 10.4 Å². The molecule has 0 rings (SSSR count). The number of likely N-dealkylation sites (N-methyl/N-ethyl adjacent to an activating group) is 1. The van der Waals surface area contributed by atoms with E-state index in [-0.39, 0.29) is 6.61 Å². The average molecular weight is 229 g/mol. The molecule has 0 aromatic carbocycles. The molecule has 0 bridgehead atoms. The van der Waals surface area contributed by atoms with Crippen LogP contribution in [0.15, 0.2) is 0 Å². The van der Waals surface area contributed by atoms with Gasteiger partial charge in [-0.1, -0.05) is 13.8 Å². The molecule has 0 aliphatic carbocycles. The molecule has 0 amide bonds. The van der Waals surface area contributed by atoms with Crippen molar-refractivity contribution in [2.24, 2.45) is 0 Å². The first kappa shape index (κ1) is 16.2. The second-order valence-corrected chi connectivity index (χ2v) is 3.53. The fourth-order valence-electron chi connectivity index (χ4n) is 0.681. The van der Waals surface area contributed by atoms with Crippen LogP contribution in [0.5, 0.6) is 0 Å². The van der Waals surface area contributed by atoms with Gasteiger partial charge in [0.05, 0.1) is 13.7 Å². The molecule has 0 saturated carbocycles. The van der Waals surface area contributed by atoms with Gasteiger partial charge in [-0.2, -0.15) is 8.42 Å². The molecule has 7 heteroatoms. The van der Waals surface area contributed by atoms with Crippen LogP contribution >= 0.6 is 0 Å². The first-order valence-electron chi connectivity index (χ1n) is 4.27. The lowest BCUT2D eigenvalue weighted by Gasteiger charge is -2.15. The fourth-order valence-corrected chi connectivity index (χ4v) is 0.681. The molecule has 14 heavy (non-hydrogen) atoms. The summed E-state index contributed by atoms with van der Waals surface area (Å²) >= 11 is 0. The molecular formula is C7H19NO5S. The monoisotopic (exact) mass is 229 g/mol. The highest BCUT2D eigenvalue weighted by molar-refractivity contribution is 7.80. The Balaban J connectivity index is 0. The van der Waals surface area contributed by atoms with E-state index in [0.717, 1.165) is 26.7 Å². The lowest BCUT2D eigenvalue weighted by Crippen LogP contribution is -2.25. The summed E-state index contributed by atoms with van der Waals surface area (Å²) in [6.45, 7) is 7.36. The van der Waals surface area contributed by atoms with Crippen LogP contribution < -0.4 is 0 Å². The van der Waals surface area contributed by atoms with Gasteiger partial charge in [-0.05, 0) is 13.1 Å². The number of nitrogens with zero attached hydrogens (tertiary/aromatic N) is 1. The molecule has 0 unspecified atom stereocenters. The summed E-state index contributed by atoms with van der Waals surface area (Å²) in [5.41, 5.74) is 0. The van der Waals surface area contributed by atoms with E-state index in [1.54, 1.807) is 0 Å². The maximum absolute atomic E-state index is 9.33. The Bertz CT molecular complexity index is 200. The highest BCUT2D eigenvalue weighted by Gasteiger charge is 1.94. The maximum Gasteiger partial charge on any atom is 0.397 e. The SMILES string of the molecule is CCN(CC)CCO.COS(=O)(=O)O. The van der Waals surface area contributed by atoms with Crippen LogP contribution in [0.3, 0.4) is 0 Å². The molecule has 0 heterocycles. The van der Waals surface area contributed by atoms with Crippen molar-refractivity contribution in [3.8, 4) is 0 Å². The van der Waals surface area contributed by atoms with E-state index in [0.29, 0.717) is 0 Å². The molecule has 0 aromatic rings. The molecule has 6 nitrogen and oxygen atoms in total. The first-order valence-corrected chi connectivity index (χ1v) is 5.64. The predicted molar refractivity (Wildman–Crippen MR) is 53.4 cm³/mol. The standard InChI is InChI=1S/C6H15NO.CH4O4S/c1-3-7(4-2)5-6-8;1-5-6(2,3)4/h8H,3-6H2,1-2H3;1H3,(H,2,3,4). The molecule has 0 aliphatic rings. The third kappa shape index (κ3) is 14.3. The largest absolute Gasteiger partial charge is 0.397 e. The Morgan fingerprint density at radius 3 is 1.71 bits per heavy atom. The first-order chi connectivity index (χ1) is 6.41. The topological polar surface area (TPSA) is 87.1 Å². The summed E-state index contributed by atoms with van der Waals surface area (Å²) in [6.07, 6.45) is 0. The van der Waals surface area contributed by atoms with Crippen LogP contribution in [-0.2, 0) is 14.6 Å². The summed E-state index contributed by atoms with van der Waals surface area (Å²) in [5, 5.41) is 8.46. The molecule has 0 atom stereocenters. The fraction of sp³-hybridized carbons (Fsp3) is 1.00. The highest BCUT2D eigenvalue weighted by atomic mass is 32.3. The Kier molecular flexibility index (Phi) is 10.8. The van der Waals surface area contributed by atoms with Gasteiger partial charge in [0, 0.05) is 6.54 Å². The number of aliphatic hydroxyl groups is 1. The van der Waals surface area contributed by atoms with Gasteiger partial charge in [0.25, 0.3) is 0 Å². The minimum Gasteiger partial charge on any atom is -0.395 e. The Morgan fingerprint density at radius 2 is 1.64 bits per heavy atom. The smallest absolute Gasteiger partial charge is 0.395 e. The van der Waals surface area contributed by atoms with E-state index in [2.05, 4.69) is 22.9 Å². The van der Waals surface area contributed by atoms with Crippen LogP contribution in [0.4, 0.5) is 0 Å². The molecule has 0 spiro atoms. The number of hydrogen-bond donors (Lipinski definition) is 2. The molecule has 0 aromatic heterocycles. The van der Waals surface area contributed by atoms with Gasteiger partial charge in [0.15, 0.2) is 0 Å². The van der Waals surface area contributed by atoms with Crippen LogP contribution in [0, 0.1) is 0 Å². The lowest BCUT2D eigenvalue weighted by atomic mass is 10.5. The number of hydrogen-bond acceptors (Lipinski definition) is 5. The Labute approximate surface area is 85.4 Å². The molecule has 0 fully saturated rings. The molecular weight excluding hydrogens is 210 g/mol. The molecule has 88 valence electrons. The third-order valence-electron chi connectivity index (χ3n) is 1.52. The lowest BCUT2D eigenvalue weighted by molar-refractivity contribution is 0.208. The minimum atomic E-state index is -4.16. The van der Waals surface area contributed by atoms with E-state index in [4.69, 9.17) is 9.66 Å². The normalized spacial score (nSPS) is 11.0. The van der Waals surface area contributed by atoms with Crippen molar-refractivity contribution in [2.75, 3.05) is 33.4 Å². The summed E-state index contributed by atoms with van der Waals surface area (Å²) in [6, 6.07) is 0. The van der Waals surface area contributed by atoms with Crippen molar-refractivity contribution in [2.45, 2.75) is 13.8 Å². The van der Waals surface area contributed by atoms with E-state index in [9.17, 15) is 8.42 Å². The van der Waals surface area contributed by atoms with Crippen molar-refractivity contribution < 1.29 is 22.3 Å². The zero-order valence-electron chi connectivity index (χ0n) is 8.80. The van der Waals surface area contributed by atoms with E-state index in [1.807, 2.05) is 0 Å². The molecule has 2 N–H and O–H groups in total.